The minimum atomic E-state index is -0.338. The summed E-state index contributed by atoms with van der Waals surface area (Å²) in [6, 6.07) is 0. The molecule has 0 radical (unpaired) electrons. The van der Waals surface area contributed by atoms with Gasteiger partial charge in [-0.05, 0) is 61.2 Å². The van der Waals surface area contributed by atoms with Crippen LogP contribution in [0.15, 0.2) is 0 Å². The number of Topliss-reactive ketones (excluding diaryl/α,β-unsaturated/α-hetero) is 1. The minimum absolute atomic E-state index is 0.00440. The summed E-state index contributed by atoms with van der Waals surface area (Å²) in [4.78, 5) is 12.7. The summed E-state index contributed by atoms with van der Waals surface area (Å²) < 4.78 is 0. The summed E-state index contributed by atoms with van der Waals surface area (Å²) in [5.41, 5.74) is 6.53. The van der Waals surface area contributed by atoms with Crippen molar-refractivity contribution in [2.45, 2.75) is 70.9 Å². The van der Waals surface area contributed by atoms with Crippen molar-refractivity contribution in [3.63, 3.8) is 0 Å². The zero-order valence-corrected chi connectivity index (χ0v) is 13.6. The van der Waals surface area contributed by atoms with Gasteiger partial charge in [-0.2, -0.15) is 0 Å². The van der Waals surface area contributed by atoms with Gasteiger partial charge in [0.2, 0.25) is 0 Å². The molecule has 0 aliphatic heterocycles. The molecule has 3 nitrogen and oxygen atoms in total. The highest BCUT2D eigenvalue weighted by molar-refractivity contribution is 5.91. The van der Waals surface area contributed by atoms with Crippen LogP contribution in [0.2, 0.25) is 0 Å². The Bertz CT molecular complexity index is 505. The molecule has 0 amide bonds. The average Bonchev–Trinajstić information content (AvgIpc) is 2.62. The Morgan fingerprint density at radius 3 is 2.62 bits per heavy atom. The molecule has 2 bridgehead atoms. The van der Waals surface area contributed by atoms with Gasteiger partial charge in [-0.3, -0.25) is 4.79 Å². The zero-order valence-electron chi connectivity index (χ0n) is 13.6. The number of hydrogen-bond donors (Lipinski definition) is 2. The van der Waals surface area contributed by atoms with Gasteiger partial charge in [-0.15, -0.1) is 0 Å². The fourth-order valence-electron chi connectivity index (χ4n) is 7.33. The third kappa shape index (κ3) is 1.25. The molecule has 4 aliphatic rings. The van der Waals surface area contributed by atoms with E-state index >= 15 is 0 Å². The van der Waals surface area contributed by atoms with Crippen molar-refractivity contribution >= 4 is 5.78 Å². The van der Waals surface area contributed by atoms with Crippen LogP contribution in [0, 0.1) is 34.5 Å². The largest absolute Gasteiger partial charge is 0.393 e. The monoisotopic (exact) mass is 291 g/mol. The van der Waals surface area contributed by atoms with Crippen LogP contribution in [-0.2, 0) is 4.79 Å². The van der Waals surface area contributed by atoms with Crippen LogP contribution in [0.3, 0.4) is 0 Å². The van der Waals surface area contributed by atoms with Gasteiger partial charge in [-0.25, -0.2) is 0 Å². The SMILES string of the molecule is C[C@@H]1CC23C[C@]4(CCC2=O)[C@@H](C)[C@H](O)[C@H](C)CCC1[C@]34N. The first kappa shape index (κ1) is 14.2. The van der Waals surface area contributed by atoms with E-state index in [-0.39, 0.29) is 28.4 Å². The number of carbonyl (C=O) groups excluding carboxylic acids is 1. The molecule has 2 spiro atoms. The smallest absolute Gasteiger partial charge is 0.140 e. The Morgan fingerprint density at radius 2 is 1.90 bits per heavy atom. The summed E-state index contributed by atoms with van der Waals surface area (Å²) in [5, 5.41) is 10.8. The van der Waals surface area contributed by atoms with Crippen LogP contribution in [0.25, 0.3) is 0 Å². The summed E-state index contributed by atoms with van der Waals surface area (Å²) in [5.74, 6) is 2.00. The van der Waals surface area contributed by atoms with Crippen molar-refractivity contribution in [2.24, 2.45) is 40.2 Å². The number of ketones is 1. The highest BCUT2D eigenvalue weighted by Crippen LogP contribution is 2.79. The number of aliphatic hydroxyl groups excluding tert-OH is 1. The lowest BCUT2D eigenvalue weighted by molar-refractivity contribution is -0.230. The van der Waals surface area contributed by atoms with Gasteiger partial charge in [0, 0.05) is 17.4 Å². The predicted molar refractivity (Wildman–Crippen MR) is 81.5 cm³/mol. The Kier molecular flexibility index (Phi) is 2.65. The zero-order chi connectivity index (χ0) is 15.2. The second-order valence-electron chi connectivity index (χ2n) is 8.83. The highest BCUT2D eigenvalue weighted by atomic mass is 16.3. The van der Waals surface area contributed by atoms with Crippen molar-refractivity contribution in [3.8, 4) is 0 Å². The quantitative estimate of drug-likeness (QED) is 0.721. The van der Waals surface area contributed by atoms with E-state index in [1.807, 2.05) is 0 Å². The number of nitrogens with two attached hydrogens (primary N) is 1. The first-order valence-electron chi connectivity index (χ1n) is 8.80. The molecule has 3 heteroatoms. The van der Waals surface area contributed by atoms with Gasteiger partial charge in [0.05, 0.1) is 6.10 Å². The van der Waals surface area contributed by atoms with E-state index in [1.165, 1.54) is 0 Å². The molecule has 4 rings (SSSR count). The number of aliphatic hydroxyl groups is 1. The van der Waals surface area contributed by atoms with Crippen molar-refractivity contribution in [1.29, 1.82) is 0 Å². The van der Waals surface area contributed by atoms with Crippen LogP contribution in [0.5, 0.6) is 0 Å². The van der Waals surface area contributed by atoms with Crippen molar-refractivity contribution in [3.05, 3.63) is 0 Å². The Labute approximate surface area is 127 Å². The third-order valence-electron chi connectivity index (χ3n) is 8.41. The molecule has 0 heterocycles. The molecular formula is C18H29NO2. The average molecular weight is 291 g/mol. The fourth-order valence-corrected chi connectivity index (χ4v) is 7.33. The lowest BCUT2D eigenvalue weighted by Gasteiger charge is -2.74. The van der Waals surface area contributed by atoms with Crippen molar-refractivity contribution in [1.82, 2.24) is 0 Å². The molecule has 4 fully saturated rings. The topological polar surface area (TPSA) is 63.3 Å². The minimum Gasteiger partial charge on any atom is -0.393 e. The summed E-state index contributed by atoms with van der Waals surface area (Å²) in [6.07, 6.45) is 5.38. The van der Waals surface area contributed by atoms with Crippen LogP contribution >= 0.6 is 0 Å². The van der Waals surface area contributed by atoms with Crippen LogP contribution in [-0.4, -0.2) is 22.5 Å². The first-order chi connectivity index (χ1) is 9.80. The van der Waals surface area contributed by atoms with Crippen LogP contribution in [0.4, 0.5) is 0 Å². The van der Waals surface area contributed by atoms with E-state index < -0.39 is 0 Å². The molecule has 2 unspecified atom stereocenters. The van der Waals surface area contributed by atoms with Crippen molar-refractivity contribution in [2.75, 3.05) is 0 Å². The summed E-state index contributed by atoms with van der Waals surface area (Å²) in [6.45, 7) is 6.68. The van der Waals surface area contributed by atoms with E-state index in [0.29, 0.717) is 30.0 Å². The second-order valence-corrected chi connectivity index (χ2v) is 8.83. The van der Waals surface area contributed by atoms with Gasteiger partial charge < -0.3 is 10.8 Å². The van der Waals surface area contributed by atoms with Gasteiger partial charge in [0.25, 0.3) is 0 Å². The first-order valence-corrected chi connectivity index (χ1v) is 8.80. The standard InChI is InChI=1S/C18H29NO2/c1-10-4-5-13-11(2)8-17-9-16(18(13,17)19,7-6-14(17)20)12(3)15(10)21/h10-13,15,21H,4-9,19H2,1-3H3/t10-,11-,12+,13?,15-,16-,17?,18-/m1/s1. The maximum atomic E-state index is 12.7. The Hall–Kier alpha value is -0.410. The van der Waals surface area contributed by atoms with Crippen LogP contribution < -0.4 is 5.73 Å². The lowest BCUT2D eigenvalue weighted by atomic mass is 9.31. The maximum Gasteiger partial charge on any atom is 0.140 e. The number of rotatable bonds is 0. The molecule has 21 heavy (non-hydrogen) atoms. The van der Waals surface area contributed by atoms with Crippen LogP contribution in [0.1, 0.15) is 59.3 Å². The second kappa shape index (κ2) is 3.91. The van der Waals surface area contributed by atoms with Crippen molar-refractivity contribution < 1.29 is 9.90 Å². The molecular weight excluding hydrogens is 262 g/mol. The Morgan fingerprint density at radius 1 is 1.19 bits per heavy atom. The molecule has 118 valence electrons. The molecule has 4 aliphatic carbocycles. The number of hydrogen-bond acceptors (Lipinski definition) is 3. The lowest BCUT2D eigenvalue weighted by Crippen LogP contribution is -2.83. The molecule has 4 saturated carbocycles. The van der Waals surface area contributed by atoms with E-state index in [9.17, 15) is 9.90 Å². The van der Waals surface area contributed by atoms with Gasteiger partial charge >= 0.3 is 0 Å². The Balaban J connectivity index is 1.87. The fraction of sp³-hybridized carbons (Fsp3) is 0.944. The van der Waals surface area contributed by atoms with Gasteiger partial charge in [-0.1, -0.05) is 20.8 Å². The summed E-state index contributed by atoms with van der Waals surface area (Å²) in [7, 11) is 0. The van der Waals surface area contributed by atoms with Gasteiger partial charge in [0.15, 0.2) is 0 Å². The molecule has 0 aromatic heterocycles. The molecule has 0 saturated heterocycles. The maximum absolute atomic E-state index is 12.7. The molecule has 0 aromatic carbocycles. The van der Waals surface area contributed by atoms with E-state index in [0.717, 1.165) is 32.1 Å². The highest BCUT2D eigenvalue weighted by Gasteiger charge is 2.83. The normalized spacial score (nSPS) is 62.5. The molecule has 0 aromatic rings. The molecule has 3 N–H and O–H groups in total. The molecule has 8 atom stereocenters. The third-order valence-corrected chi connectivity index (χ3v) is 8.41. The van der Waals surface area contributed by atoms with E-state index in [1.54, 1.807) is 0 Å². The van der Waals surface area contributed by atoms with E-state index in [2.05, 4.69) is 20.8 Å². The number of carbonyl (C=O) groups is 1. The predicted octanol–water partition coefficient (Wildman–Crippen LogP) is 2.51. The van der Waals surface area contributed by atoms with E-state index in [4.69, 9.17) is 5.73 Å². The van der Waals surface area contributed by atoms with Gasteiger partial charge in [0.1, 0.15) is 5.78 Å². The summed E-state index contributed by atoms with van der Waals surface area (Å²) >= 11 is 0.